The monoisotopic (exact) mass is 223 g/mol. The highest BCUT2D eigenvalue weighted by atomic mass is 16.1. The zero-order valence-electron chi connectivity index (χ0n) is 10.1. The number of aromatic nitrogens is 1. The van der Waals surface area contributed by atoms with Gasteiger partial charge >= 0.3 is 0 Å². The molecule has 0 saturated carbocycles. The van der Waals surface area contributed by atoms with Crippen molar-refractivity contribution in [3.63, 3.8) is 0 Å². The topological polar surface area (TPSA) is 46.1 Å². The molecule has 0 aliphatic heterocycles. The van der Waals surface area contributed by atoms with E-state index in [1.165, 1.54) is 5.56 Å². The van der Waals surface area contributed by atoms with Crippen LogP contribution in [0.4, 0.5) is 0 Å². The molecule has 0 aliphatic rings. The molecule has 0 saturated heterocycles. The molecule has 1 heterocycles. The van der Waals surface area contributed by atoms with Crippen molar-refractivity contribution in [1.82, 2.24) is 15.2 Å². The van der Waals surface area contributed by atoms with Gasteiger partial charge in [0.15, 0.2) is 0 Å². The molecule has 0 aliphatic carbocycles. The van der Waals surface area contributed by atoms with Crippen molar-refractivity contribution in [2.75, 3.05) is 13.6 Å². The fraction of sp³-hybridized carbons (Fsp3) is 0.583. The average Bonchev–Trinajstić information content (AvgIpc) is 2.72. The van der Waals surface area contributed by atoms with E-state index in [0.29, 0.717) is 6.42 Å². The van der Waals surface area contributed by atoms with Crippen molar-refractivity contribution in [2.45, 2.75) is 32.9 Å². The molecule has 90 valence electrons. The van der Waals surface area contributed by atoms with Gasteiger partial charge < -0.3 is 15.2 Å². The lowest BCUT2D eigenvalue weighted by molar-refractivity contribution is -0.120. The van der Waals surface area contributed by atoms with E-state index in [2.05, 4.69) is 40.6 Å². The second-order valence-corrected chi connectivity index (χ2v) is 3.86. The van der Waals surface area contributed by atoms with Crippen LogP contribution in [0.2, 0.25) is 0 Å². The molecule has 1 amide bonds. The summed E-state index contributed by atoms with van der Waals surface area (Å²) in [7, 11) is 1.66. The lowest BCUT2D eigenvalue weighted by Crippen LogP contribution is -2.24. The van der Waals surface area contributed by atoms with Crippen LogP contribution in [0.5, 0.6) is 0 Å². The third-order valence-electron chi connectivity index (χ3n) is 2.43. The molecular weight excluding hydrogens is 202 g/mol. The zero-order valence-corrected chi connectivity index (χ0v) is 10.1. The van der Waals surface area contributed by atoms with E-state index in [9.17, 15) is 4.79 Å². The summed E-state index contributed by atoms with van der Waals surface area (Å²) >= 11 is 0. The number of nitrogens with one attached hydrogen (secondary N) is 2. The Kier molecular flexibility index (Phi) is 5.64. The van der Waals surface area contributed by atoms with E-state index >= 15 is 0 Å². The predicted molar refractivity (Wildman–Crippen MR) is 65.1 cm³/mol. The van der Waals surface area contributed by atoms with Crippen LogP contribution in [0.15, 0.2) is 18.5 Å². The quantitative estimate of drug-likeness (QED) is 0.681. The van der Waals surface area contributed by atoms with Gasteiger partial charge in [0.25, 0.3) is 0 Å². The van der Waals surface area contributed by atoms with Gasteiger partial charge in [-0.3, -0.25) is 4.79 Å². The van der Waals surface area contributed by atoms with Crippen LogP contribution >= 0.6 is 0 Å². The highest BCUT2D eigenvalue weighted by molar-refractivity contribution is 5.75. The number of carbonyl (C=O) groups excluding carboxylic acids is 1. The number of hydrogen-bond donors (Lipinski definition) is 2. The number of rotatable bonds is 7. The summed E-state index contributed by atoms with van der Waals surface area (Å²) in [6, 6.07) is 2.11. The summed E-state index contributed by atoms with van der Waals surface area (Å²) < 4.78 is 2.19. The van der Waals surface area contributed by atoms with Crippen LogP contribution < -0.4 is 10.6 Å². The summed E-state index contributed by atoms with van der Waals surface area (Å²) in [4.78, 5) is 11.0. The van der Waals surface area contributed by atoms with Gasteiger partial charge in [-0.15, -0.1) is 0 Å². The second-order valence-electron chi connectivity index (χ2n) is 3.86. The highest BCUT2D eigenvalue weighted by Gasteiger charge is 1.98. The third kappa shape index (κ3) is 4.49. The van der Waals surface area contributed by atoms with E-state index in [-0.39, 0.29) is 5.91 Å². The minimum absolute atomic E-state index is 0.0797. The second kappa shape index (κ2) is 7.06. The number of amides is 1. The van der Waals surface area contributed by atoms with E-state index in [4.69, 9.17) is 0 Å². The zero-order chi connectivity index (χ0) is 11.8. The molecule has 1 aromatic rings. The molecule has 0 atom stereocenters. The van der Waals surface area contributed by atoms with Gasteiger partial charge in [0.05, 0.1) is 0 Å². The van der Waals surface area contributed by atoms with E-state index < -0.39 is 0 Å². The fourth-order valence-corrected chi connectivity index (χ4v) is 1.55. The molecule has 16 heavy (non-hydrogen) atoms. The van der Waals surface area contributed by atoms with Crippen LogP contribution in [-0.2, 0) is 17.9 Å². The first-order chi connectivity index (χ1) is 7.76. The number of carbonyl (C=O) groups is 1. The van der Waals surface area contributed by atoms with Gasteiger partial charge in [0, 0.05) is 45.5 Å². The number of nitrogens with zero attached hydrogens (tertiary/aromatic N) is 1. The Balaban J connectivity index is 2.19. The maximum Gasteiger partial charge on any atom is 0.221 e. The van der Waals surface area contributed by atoms with Crippen LogP contribution in [0.3, 0.4) is 0 Å². The van der Waals surface area contributed by atoms with Crippen molar-refractivity contribution in [2.24, 2.45) is 0 Å². The molecular formula is C12H21N3O. The molecule has 0 radical (unpaired) electrons. The van der Waals surface area contributed by atoms with Gasteiger partial charge in [-0.05, 0) is 18.1 Å². The first-order valence-electron chi connectivity index (χ1n) is 5.82. The van der Waals surface area contributed by atoms with E-state index in [1.54, 1.807) is 7.05 Å². The first-order valence-corrected chi connectivity index (χ1v) is 5.82. The average molecular weight is 223 g/mol. The minimum atomic E-state index is 0.0797. The van der Waals surface area contributed by atoms with Gasteiger partial charge in [0.1, 0.15) is 0 Å². The number of hydrogen-bond acceptors (Lipinski definition) is 2. The fourth-order valence-electron chi connectivity index (χ4n) is 1.55. The maximum absolute atomic E-state index is 11.0. The molecule has 0 unspecified atom stereocenters. The Labute approximate surface area is 97.0 Å². The SMILES string of the molecule is CCCn1ccc(CNCCC(=O)NC)c1. The first kappa shape index (κ1) is 12.8. The summed E-state index contributed by atoms with van der Waals surface area (Å²) in [5.41, 5.74) is 1.27. The third-order valence-corrected chi connectivity index (χ3v) is 2.43. The van der Waals surface area contributed by atoms with Crippen molar-refractivity contribution in [1.29, 1.82) is 0 Å². The molecule has 1 rings (SSSR count). The Bertz CT molecular complexity index is 320. The molecule has 1 aromatic heterocycles. The van der Waals surface area contributed by atoms with Gasteiger partial charge in [-0.1, -0.05) is 6.92 Å². The molecule has 0 spiro atoms. The van der Waals surface area contributed by atoms with E-state index in [1.807, 2.05) is 0 Å². The summed E-state index contributed by atoms with van der Waals surface area (Å²) in [5, 5.41) is 5.85. The smallest absolute Gasteiger partial charge is 0.221 e. The standard InChI is InChI=1S/C12H21N3O/c1-3-7-15-8-5-11(10-15)9-14-6-4-12(16)13-2/h5,8,10,14H,3-4,6-7,9H2,1-2H3,(H,13,16). The summed E-state index contributed by atoms with van der Waals surface area (Å²) in [5.74, 6) is 0.0797. The normalized spacial score (nSPS) is 10.4. The molecule has 2 N–H and O–H groups in total. The number of aryl methyl sites for hydroxylation is 1. The lowest BCUT2D eigenvalue weighted by atomic mass is 10.3. The van der Waals surface area contributed by atoms with Crippen LogP contribution in [0.25, 0.3) is 0 Å². The molecule has 4 heteroatoms. The summed E-state index contributed by atoms with van der Waals surface area (Å²) in [6.45, 7) is 4.78. The Hall–Kier alpha value is -1.29. The van der Waals surface area contributed by atoms with E-state index in [0.717, 1.165) is 26.1 Å². The Morgan fingerprint density at radius 3 is 3.00 bits per heavy atom. The molecule has 4 nitrogen and oxygen atoms in total. The highest BCUT2D eigenvalue weighted by Crippen LogP contribution is 2.01. The van der Waals surface area contributed by atoms with Crippen LogP contribution in [-0.4, -0.2) is 24.1 Å². The van der Waals surface area contributed by atoms with Crippen LogP contribution in [0, 0.1) is 0 Å². The van der Waals surface area contributed by atoms with Gasteiger partial charge in [-0.2, -0.15) is 0 Å². The van der Waals surface area contributed by atoms with Crippen molar-refractivity contribution < 1.29 is 4.79 Å². The van der Waals surface area contributed by atoms with Gasteiger partial charge in [-0.25, -0.2) is 0 Å². The largest absolute Gasteiger partial charge is 0.359 e. The molecule has 0 bridgehead atoms. The van der Waals surface area contributed by atoms with Crippen molar-refractivity contribution >= 4 is 5.91 Å². The molecule has 0 fully saturated rings. The maximum atomic E-state index is 11.0. The Morgan fingerprint density at radius 1 is 1.50 bits per heavy atom. The van der Waals surface area contributed by atoms with Crippen LogP contribution in [0.1, 0.15) is 25.3 Å². The lowest BCUT2D eigenvalue weighted by Gasteiger charge is -2.02. The predicted octanol–water partition coefficient (Wildman–Crippen LogP) is 1.12. The Morgan fingerprint density at radius 2 is 2.31 bits per heavy atom. The summed E-state index contributed by atoms with van der Waals surface area (Å²) in [6.07, 6.45) is 5.93. The van der Waals surface area contributed by atoms with Crippen molar-refractivity contribution in [3.05, 3.63) is 24.0 Å². The van der Waals surface area contributed by atoms with Gasteiger partial charge in [0.2, 0.25) is 5.91 Å². The minimum Gasteiger partial charge on any atom is -0.359 e. The van der Waals surface area contributed by atoms with Crippen molar-refractivity contribution in [3.8, 4) is 0 Å². The molecule has 0 aromatic carbocycles.